The summed E-state index contributed by atoms with van der Waals surface area (Å²) in [4.78, 5) is 11.7. The summed E-state index contributed by atoms with van der Waals surface area (Å²) in [5.41, 5.74) is 0.845. The second kappa shape index (κ2) is 6.52. The van der Waals surface area contributed by atoms with Crippen molar-refractivity contribution in [3.63, 3.8) is 0 Å². The first kappa shape index (κ1) is 13.8. The largest absolute Gasteiger partial charge is 0.494 e. The number of carbonyl (C=O) groups excluding carboxylic acids is 1. The van der Waals surface area contributed by atoms with Crippen molar-refractivity contribution in [2.75, 3.05) is 20.2 Å². The predicted octanol–water partition coefficient (Wildman–Crippen LogP) is 1.24. The van der Waals surface area contributed by atoms with Crippen molar-refractivity contribution in [1.29, 1.82) is 0 Å². The van der Waals surface area contributed by atoms with Gasteiger partial charge in [0.05, 0.1) is 13.2 Å². The highest BCUT2D eigenvalue weighted by Crippen LogP contribution is 2.17. The van der Waals surface area contributed by atoms with E-state index in [0.29, 0.717) is 13.0 Å². The molecule has 1 saturated heterocycles. The van der Waals surface area contributed by atoms with Crippen LogP contribution in [-0.4, -0.2) is 32.1 Å². The normalized spacial score (nSPS) is 18.3. The van der Waals surface area contributed by atoms with E-state index in [-0.39, 0.29) is 23.5 Å². The molecule has 0 bridgehead atoms. The summed E-state index contributed by atoms with van der Waals surface area (Å²) in [5.74, 6) is -0.0989. The van der Waals surface area contributed by atoms with E-state index in [9.17, 15) is 9.18 Å². The van der Waals surface area contributed by atoms with Gasteiger partial charge in [0.15, 0.2) is 11.6 Å². The lowest BCUT2D eigenvalue weighted by Gasteiger charge is -2.11. The maximum absolute atomic E-state index is 13.5. The Morgan fingerprint density at radius 1 is 1.58 bits per heavy atom. The molecule has 2 rings (SSSR count). The van der Waals surface area contributed by atoms with Crippen molar-refractivity contribution in [2.24, 2.45) is 0 Å². The zero-order valence-electron chi connectivity index (χ0n) is 11.0. The van der Waals surface area contributed by atoms with Gasteiger partial charge < -0.3 is 15.4 Å². The second-order valence-corrected chi connectivity index (χ2v) is 4.66. The molecule has 4 nitrogen and oxygen atoms in total. The Labute approximate surface area is 112 Å². The van der Waals surface area contributed by atoms with Crippen LogP contribution in [0.25, 0.3) is 0 Å². The third kappa shape index (κ3) is 3.67. The van der Waals surface area contributed by atoms with E-state index in [4.69, 9.17) is 4.74 Å². The highest BCUT2D eigenvalue weighted by atomic mass is 19.1. The molecule has 1 atom stereocenters. The number of carbonyl (C=O) groups is 1. The highest BCUT2D eigenvalue weighted by Gasteiger charge is 2.21. The van der Waals surface area contributed by atoms with Gasteiger partial charge in [-0.15, -0.1) is 0 Å². The molecule has 104 valence electrons. The Bertz CT molecular complexity index is 445. The molecule has 1 amide bonds. The summed E-state index contributed by atoms with van der Waals surface area (Å²) >= 11 is 0. The number of halogens is 1. The smallest absolute Gasteiger partial charge is 0.237 e. The minimum Gasteiger partial charge on any atom is -0.494 e. The average Bonchev–Trinajstić information content (AvgIpc) is 2.93. The number of ether oxygens (including phenoxy) is 1. The summed E-state index contributed by atoms with van der Waals surface area (Å²) in [6, 6.07) is 4.79. The molecule has 1 aliphatic rings. The van der Waals surface area contributed by atoms with Crippen molar-refractivity contribution < 1.29 is 13.9 Å². The van der Waals surface area contributed by atoms with Crippen LogP contribution in [0.15, 0.2) is 18.2 Å². The van der Waals surface area contributed by atoms with E-state index in [1.165, 1.54) is 13.2 Å². The second-order valence-electron chi connectivity index (χ2n) is 4.66. The van der Waals surface area contributed by atoms with Crippen LogP contribution < -0.4 is 15.4 Å². The van der Waals surface area contributed by atoms with Crippen molar-refractivity contribution in [3.8, 4) is 5.75 Å². The molecule has 1 fully saturated rings. The van der Waals surface area contributed by atoms with Crippen molar-refractivity contribution in [2.45, 2.75) is 25.3 Å². The molecule has 1 unspecified atom stereocenters. The monoisotopic (exact) mass is 266 g/mol. The molecule has 1 aliphatic heterocycles. The van der Waals surface area contributed by atoms with Gasteiger partial charge in [0.1, 0.15) is 0 Å². The topological polar surface area (TPSA) is 50.4 Å². The Hall–Kier alpha value is -1.62. The standard InChI is InChI=1S/C14H19FN2O2/c1-19-13-5-4-10(9-11(13)15)6-8-17-14(18)12-3-2-7-16-12/h4-5,9,12,16H,2-3,6-8H2,1H3,(H,17,18). The molecular formula is C14H19FN2O2. The molecule has 19 heavy (non-hydrogen) atoms. The summed E-state index contributed by atoms with van der Waals surface area (Å²) in [5, 5.41) is 6.01. The lowest BCUT2D eigenvalue weighted by atomic mass is 10.1. The molecule has 5 heteroatoms. The fourth-order valence-electron chi connectivity index (χ4n) is 2.23. The van der Waals surface area contributed by atoms with E-state index in [1.54, 1.807) is 6.07 Å². The molecule has 1 heterocycles. The Morgan fingerprint density at radius 3 is 3.05 bits per heavy atom. The average molecular weight is 266 g/mol. The highest BCUT2D eigenvalue weighted by molar-refractivity contribution is 5.81. The third-order valence-corrected chi connectivity index (χ3v) is 3.31. The van der Waals surface area contributed by atoms with Crippen LogP contribution in [-0.2, 0) is 11.2 Å². The number of benzene rings is 1. The van der Waals surface area contributed by atoms with Gasteiger partial charge in [-0.2, -0.15) is 0 Å². The molecule has 0 saturated carbocycles. The van der Waals surface area contributed by atoms with Crippen LogP contribution in [0.5, 0.6) is 5.75 Å². The Morgan fingerprint density at radius 2 is 2.42 bits per heavy atom. The quantitative estimate of drug-likeness (QED) is 0.843. The van der Waals surface area contributed by atoms with Gasteiger partial charge in [0.2, 0.25) is 5.91 Å². The third-order valence-electron chi connectivity index (χ3n) is 3.31. The molecule has 0 spiro atoms. The van der Waals surface area contributed by atoms with Crippen molar-refractivity contribution >= 4 is 5.91 Å². The van der Waals surface area contributed by atoms with Crippen LogP contribution in [0.4, 0.5) is 4.39 Å². The van der Waals surface area contributed by atoms with E-state index < -0.39 is 0 Å². The van der Waals surface area contributed by atoms with Gasteiger partial charge in [0.25, 0.3) is 0 Å². The van der Waals surface area contributed by atoms with Gasteiger partial charge in [-0.3, -0.25) is 4.79 Å². The first-order chi connectivity index (χ1) is 9.20. The van der Waals surface area contributed by atoms with Gasteiger partial charge in [-0.1, -0.05) is 6.07 Å². The minimum absolute atomic E-state index is 0.0338. The van der Waals surface area contributed by atoms with Crippen LogP contribution in [0.2, 0.25) is 0 Å². The zero-order chi connectivity index (χ0) is 13.7. The number of amides is 1. The van der Waals surface area contributed by atoms with E-state index >= 15 is 0 Å². The first-order valence-corrected chi connectivity index (χ1v) is 6.54. The Kier molecular flexibility index (Phi) is 4.74. The van der Waals surface area contributed by atoms with Gasteiger partial charge in [0, 0.05) is 6.54 Å². The van der Waals surface area contributed by atoms with E-state index in [2.05, 4.69) is 10.6 Å². The number of nitrogens with one attached hydrogen (secondary N) is 2. The van der Waals surface area contributed by atoms with E-state index in [1.807, 2.05) is 6.07 Å². The SMILES string of the molecule is COc1ccc(CCNC(=O)C2CCCN2)cc1F. The Balaban J connectivity index is 1.79. The van der Waals surface area contributed by atoms with Crippen LogP contribution in [0, 0.1) is 5.82 Å². The predicted molar refractivity (Wildman–Crippen MR) is 70.7 cm³/mol. The number of methoxy groups -OCH3 is 1. The lowest BCUT2D eigenvalue weighted by Crippen LogP contribution is -2.41. The molecule has 1 aromatic rings. The van der Waals surface area contributed by atoms with Crippen LogP contribution in [0.1, 0.15) is 18.4 Å². The van der Waals surface area contributed by atoms with Gasteiger partial charge in [-0.05, 0) is 43.5 Å². The van der Waals surface area contributed by atoms with Crippen molar-refractivity contribution in [3.05, 3.63) is 29.6 Å². The molecule has 1 aromatic carbocycles. The van der Waals surface area contributed by atoms with Crippen LogP contribution in [0.3, 0.4) is 0 Å². The molecule has 0 aromatic heterocycles. The fraction of sp³-hybridized carbons (Fsp3) is 0.500. The summed E-state index contributed by atoms with van der Waals surface area (Å²) in [7, 11) is 1.44. The summed E-state index contributed by atoms with van der Waals surface area (Å²) in [6.07, 6.45) is 2.55. The maximum atomic E-state index is 13.5. The fourth-order valence-corrected chi connectivity index (χ4v) is 2.23. The molecular weight excluding hydrogens is 247 g/mol. The molecule has 0 radical (unpaired) electrons. The van der Waals surface area contributed by atoms with Gasteiger partial charge in [-0.25, -0.2) is 4.39 Å². The summed E-state index contributed by atoms with van der Waals surface area (Å²) in [6.45, 7) is 1.42. The van der Waals surface area contributed by atoms with Crippen LogP contribution >= 0.6 is 0 Å². The minimum atomic E-state index is -0.371. The first-order valence-electron chi connectivity index (χ1n) is 6.54. The van der Waals surface area contributed by atoms with E-state index in [0.717, 1.165) is 24.9 Å². The number of hydrogen-bond acceptors (Lipinski definition) is 3. The number of hydrogen-bond donors (Lipinski definition) is 2. The zero-order valence-corrected chi connectivity index (χ0v) is 11.0. The number of rotatable bonds is 5. The lowest BCUT2D eigenvalue weighted by molar-refractivity contribution is -0.122. The van der Waals surface area contributed by atoms with Gasteiger partial charge >= 0.3 is 0 Å². The molecule has 2 N–H and O–H groups in total. The van der Waals surface area contributed by atoms with Crippen molar-refractivity contribution in [1.82, 2.24) is 10.6 Å². The maximum Gasteiger partial charge on any atom is 0.237 e. The molecule has 0 aliphatic carbocycles. The summed E-state index contributed by atoms with van der Waals surface area (Å²) < 4.78 is 18.3.